The van der Waals surface area contributed by atoms with E-state index >= 15 is 0 Å². The highest BCUT2D eigenvalue weighted by Crippen LogP contribution is 2.09. The van der Waals surface area contributed by atoms with Crippen molar-refractivity contribution >= 4 is 11.3 Å². The summed E-state index contributed by atoms with van der Waals surface area (Å²) >= 11 is 0. The van der Waals surface area contributed by atoms with Crippen LogP contribution in [0.5, 0.6) is 0 Å². The summed E-state index contributed by atoms with van der Waals surface area (Å²) in [5.41, 5.74) is 8.41. The maximum atomic E-state index is 5.70. The molecule has 2 heterocycles. The first kappa shape index (κ1) is 9.84. The number of anilines is 1. The van der Waals surface area contributed by atoms with Crippen LogP contribution in [0.3, 0.4) is 0 Å². The smallest absolute Gasteiger partial charge is 0.156 e. The zero-order chi connectivity index (χ0) is 11.7. The molecule has 3 rings (SSSR count). The van der Waals surface area contributed by atoms with Crippen LogP contribution in [0.4, 0.5) is 5.69 Å². The van der Waals surface area contributed by atoms with Gasteiger partial charge in [0, 0.05) is 6.42 Å². The first-order valence-electron chi connectivity index (χ1n) is 5.46. The molecule has 4 nitrogen and oxygen atoms in total. The number of nitrogen functional groups attached to an aromatic ring is 1. The minimum Gasteiger partial charge on any atom is -0.397 e. The molecule has 2 N–H and O–H groups in total. The van der Waals surface area contributed by atoms with Gasteiger partial charge in [-0.2, -0.15) is 5.10 Å². The molecule has 4 heteroatoms. The van der Waals surface area contributed by atoms with Crippen molar-refractivity contribution in [2.45, 2.75) is 6.42 Å². The number of aromatic nitrogens is 3. The number of nitrogens with two attached hydrogens (primary N) is 1. The Hall–Kier alpha value is -2.36. The monoisotopic (exact) mass is 224 g/mol. The largest absolute Gasteiger partial charge is 0.397 e. The maximum absolute atomic E-state index is 5.70. The molecular formula is C13H12N4. The number of fused-ring (bicyclic) bond motifs is 1. The van der Waals surface area contributed by atoms with Crippen molar-refractivity contribution in [1.82, 2.24) is 14.6 Å². The van der Waals surface area contributed by atoms with Gasteiger partial charge in [0.2, 0.25) is 0 Å². The third kappa shape index (κ3) is 1.97. The van der Waals surface area contributed by atoms with Gasteiger partial charge < -0.3 is 5.73 Å². The Morgan fingerprint density at radius 3 is 2.71 bits per heavy atom. The molecule has 0 saturated heterocycles. The molecule has 0 aliphatic heterocycles. The molecule has 17 heavy (non-hydrogen) atoms. The van der Waals surface area contributed by atoms with Gasteiger partial charge in [-0.1, -0.05) is 30.3 Å². The third-order valence-electron chi connectivity index (χ3n) is 2.60. The Bertz CT molecular complexity index is 643. The molecule has 0 aliphatic rings. The summed E-state index contributed by atoms with van der Waals surface area (Å²) in [6, 6.07) is 13.9. The predicted octanol–water partition coefficient (Wildman–Crippen LogP) is 1.90. The van der Waals surface area contributed by atoms with Gasteiger partial charge in [-0.15, -0.1) is 0 Å². The number of pyridine rings is 1. The summed E-state index contributed by atoms with van der Waals surface area (Å²) < 4.78 is 1.72. The van der Waals surface area contributed by atoms with Crippen LogP contribution in [0.1, 0.15) is 11.4 Å². The molecule has 0 spiro atoms. The van der Waals surface area contributed by atoms with Crippen molar-refractivity contribution in [2.24, 2.45) is 0 Å². The summed E-state index contributed by atoms with van der Waals surface area (Å²) in [5.74, 6) is 0.807. The number of benzene rings is 1. The van der Waals surface area contributed by atoms with Gasteiger partial charge in [0.05, 0.1) is 11.9 Å². The fourth-order valence-electron chi connectivity index (χ4n) is 1.80. The van der Waals surface area contributed by atoms with Crippen LogP contribution in [0.25, 0.3) is 5.65 Å². The summed E-state index contributed by atoms with van der Waals surface area (Å²) in [7, 11) is 0. The molecule has 0 unspecified atom stereocenters. The Balaban J connectivity index is 1.96. The summed E-state index contributed by atoms with van der Waals surface area (Å²) in [5, 5.41) is 4.39. The summed E-state index contributed by atoms with van der Waals surface area (Å²) in [4.78, 5) is 4.45. The highest BCUT2D eigenvalue weighted by atomic mass is 15.3. The van der Waals surface area contributed by atoms with Gasteiger partial charge in [-0.05, 0) is 17.7 Å². The number of hydrogen-bond acceptors (Lipinski definition) is 3. The average Bonchev–Trinajstić information content (AvgIpc) is 2.71. The van der Waals surface area contributed by atoms with Crippen LogP contribution in [-0.4, -0.2) is 14.6 Å². The van der Waals surface area contributed by atoms with Gasteiger partial charge in [0.25, 0.3) is 0 Å². The van der Waals surface area contributed by atoms with Crippen molar-refractivity contribution in [3.63, 3.8) is 0 Å². The molecule has 0 fully saturated rings. The van der Waals surface area contributed by atoms with E-state index in [1.54, 1.807) is 10.7 Å². The van der Waals surface area contributed by atoms with E-state index in [9.17, 15) is 0 Å². The standard InChI is InChI=1S/C13H12N4/c14-11-6-7-13-15-12(16-17(13)9-11)8-10-4-2-1-3-5-10/h1-7,9H,8,14H2. The van der Waals surface area contributed by atoms with Crippen molar-refractivity contribution < 1.29 is 0 Å². The topological polar surface area (TPSA) is 56.2 Å². The Kier molecular flexibility index (Phi) is 2.26. The van der Waals surface area contributed by atoms with Crippen LogP contribution in [0.15, 0.2) is 48.7 Å². The van der Waals surface area contributed by atoms with E-state index in [1.807, 2.05) is 30.3 Å². The lowest BCUT2D eigenvalue weighted by atomic mass is 10.1. The minimum absolute atomic E-state index is 0.689. The second-order valence-corrected chi connectivity index (χ2v) is 3.96. The minimum atomic E-state index is 0.689. The SMILES string of the molecule is Nc1ccc2nc(Cc3ccccc3)nn2c1. The Morgan fingerprint density at radius 2 is 1.88 bits per heavy atom. The van der Waals surface area contributed by atoms with Crippen LogP contribution in [0.2, 0.25) is 0 Å². The van der Waals surface area contributed by atoms with Crippen LogP contribution in [-0.2, 0) is 6.42 Å². The molecule has 1 aromatic carbocycles. The zero-order valence-electron chi connectivity index (χ0n) is 9.24. The van der Waals surface area contributed by atoms with Gasteiger partial charge >= 0.3 is 0 Å². The van der Waals surface area contributed by atoms with Crippen molar-refractivity contribution in [2.75, 3.05) is 5.73 Å². The van der Waals surface area contributed by atoms with Crippen LogP contribution < -0.4 is 5.73 Å². The van der Waals surface area contributed by atoms with Gasteiger partial charge in [0.1, 0.15) is 0 Å². The summed E-state index contributed by atoms with van der Waals surface area (Å²) in [6.45, 7) is 0. The van der Waals surface area contributed by atoms with E-state index in [1.165, 1.54) is 5.56 Å². The fourth-order valence-corrected chi connectivity index (χ4v) is 1.80. The predicted molar refractivity (Wildman–Crippen MR) is 66.6 cm³/mol. The third-order valence-corrected chi connectivity index (χ3v) is 2.60. The van der Waals surface area contributed by atoms with Crippen molar-refractivity contribution in [3.8, 4) is 0 Å². The van der Waals surface area contributed by atoms with E-state index in [0.717, 1.165) is 17.9 Å². The normalized spacial score (nSPS) is 10.8. The van der Waals surface area contributed by atoms with Gasteiger partial charge in [-0.3, -0.25) is 0 Å². The molecule has 2 aromatic heterocycles. The molecule has 84 valence electrons. The zero-order valence-corrected chi connectivity index (χ0v) is 9.24. The van der Waals surface area contributed by atoms with Crippen molar-refractivity contribution in [1.29, 1.82) is 0 Å². The van der Waals surface area contributed by atoms with Crippen LogP contribution >= 0.6 is 0 Å². The molecule has 0 saturated carbocycles. The van der Waals surface area contributed by atoms with E-state index in [0.29, 0.717) is 5.69 Å². The second kappa shape index (κ2) is 3.90. The van der Waals surface area contributed by atoms with E-state index < -0.39 is 0 Å². The van der Waals surface area contributed by atoms with Crippen LogP contribution in [0, 0.1) is 0 Å². The number of hydrogen-bond donors (Lipinski definition) is 1. The highest BCUT2D eigenvalue weighted by Gasteiger charge is 2.04. The van der Waals surface area contributed by atoms with Gasteiger partial charge in [0.15, 0.2) is 11.5 Å². The van der Waals surface area contributed by atoms with E-state index in [2.05, 4.69) is 22.2 Å². The fraction of sp³-hybridized carbons (Fsp3) is 0.0769. The first-order valence-corrected chi connectivity index (χ1v) is 5.46. The lowest BCUT2D eigenvalue weighted by molar-refractivity contribution is 0.901. The highest BCUT2D eigenvalue weighted by molar-refractivity contribution is 5.46. The maximum Gasteiger partial charge on any atom is 0.156 e. The van der Waals surface area contributed by atoms with E-state index in [4.69, 9.17) is 5.73 Å². The molecule has 0 radical (unpaired) electrons. The molecule has 0 amide bonds. The molecule has 0 bridgehead atoms. The lowest BCUT2D eigenvalue weighted by Crippen LogP contribution is -1.93. The van der Waals surface area contributed by atoms with Gasteiger partial charge in [-0.25, -0.2) is 9.50 Å². The first-order chi connectivity index (χ1) is 8.31. The molecule has 0 atom stereocenters. The average molecular weight is 224 g/mol. The molecule has 0 aliphatic carbocycles. The number of nitrogens with zero attached hydrogens (tertiary/aromatic N) is 3. The Morgan fingerprint density at radius 1 is 1.06 bits per heavy atom. The number of rotatable bonds is 2. The van der Waals surface area contributed by atoms with E-state index in [-0.39, 0.29) is 0 Å². The second-order valence-electron chi connectivity index (χ2n) is 3.96. The molecule has 3 aromatic rings. The van der Waals surface area contributed by atoms with Crippen molar-refractivity contribution in [3.05, 3.63) is 60.0 Å². The quantitative estimate of drug-likeness (QED) is 0.723. The summed E-state index contributed by atoms with van der Waals surface area (Å²) in [6.07, 6.45) is 2.51. The lowest BCUT2D eigenvalue weighted by Gasteiger charge is -1.94. The Labute approximate surface area is 98.7 Å². The molecular weight excluding hydrogens is 212 g/mol.